The minimum absolute atomic E-state index is 0.468. The van der Waals surface area contributed by atoms with E-state index in [2.05, 4.69) is 4.98 Å². The Morgan fingerprint density at radius 1 is 1.53 bits per heavy atom. The monoisotopic (exact) mass is 224 g/mol. The van der Waals surface area contributed by atoms with Gasteiger partial charge in [-0.2, -0.15) is 0 Å². The molecule has 1 aromatic carbocycles. The molecular formula is C11H13ClN2O. The van der Waals surface area contributed by atoms with Gasteiger partial charge in [-0.1, -0.05) is 11.6 Å². The molecule has 15 heavy (non-hydrogen) atoms. The third kappa shape index (κ3) is 1.48. The maximum atomic E-state index is 6.18. The van der Waals surface area contributed by atoms with Crippen LogP contribution in [0, 0.1) is 6.92 Å². The summed E-state index contributed by atoms with van der Waals surface area (Å²) in [5.41, 5.74) is 8.67. The van der Waals surface area contributed by atoms with Gasteiger partial charge in [0, 0.05) is 23.6 Å². The highest BCUT2D eigenvalue weighted by molar-refractivity contribution is 6.34. The van der Waals surface area contributed by atoms with Crippen molar-refractivity contribution in [3.05, 3.63) is 28.4 Å². The molecule has 3 N–H and O–H groups in total. The molecule has 0 bridgehead atoms. The fourth-order valence-corrected chi connectivity index (χ4v) is 2.01. The van der Waals surface area contributed by atoms with Crippen LogP contribution in [0.2, 0.25) is 5.02 Å². The number of aromatic amines is 1. The first-order chi connectivity index (χ1) is 7.19. The van der Waals surface area contributed by atoms with Gasteiger partial charge in [0.2, 0.25) is 0 Å². The van der Waals surface area contributed by atoms with Gasteiger partial charge in [0.25, 0.3) is 0 Å². The van der Waals surface area contributed by atoms with Crippen LogP contribution in [-0.2, 0) is 6.54 Å². The van der Waals surface area contributed by atoms with E-state index in [1.807, 2.05) is 19.2 Å². The Morgan fingerprint density at radius 3 is 2.87 bits per heavy atom. The lowest BCUT2D eigenvalue weighted by atomic mass is 10.1. The zero-order valence-corrected chi connectivity index (χ0v) is 9.48. The molecule has 0 saturated carbocycles. The predicted octanol–water partition coefficient (Wildman–Crippen LogP) is 2.60. The third-order valence-corrected chi connectivity index (χ3v) is 3.02. The van der Waals surface area contributed by atoms with Crippen molar-refractivity contribution in [2.45, 2.75) is 13.5 Å². The number of H-pyrrole nitrogens is 1. The topological polar surface area (TPSA) is 51.0 Å². The van der Waals surface area contributed by atoms with Crippen LogP contribution < -0.4 is 10.5 Å². The number of nitrogens with one attached hydrogen (secondary N) is 1. The number of benzene rings is 1. The van der Waals surface area contributed by atoms with E-state index in [4.69, 9.17) is 22.1 Å². The molecular weight excluding hydrogens is 212 g/mol. The summed E-state index contributed by atoms with van der Waals surface area (Å²) < 4.78 is 5.33. The van der Waals surface area contributed by atoms with Crippen molar-refractivity contribution >= 4 is 22.5 Å². The number of methoxy groups -OCH3 is 1. The number of fused-ring (bicyclic) bond motifs is 1. The molecule has 3 nitrogen and oxygen atoms in total. The van der Waals surface area contributed by atoms with Gasteiger partial charge >= 0.3 is 0 Å². The molecule has 1 heterocycles. The Hall–Kier alpha value is -1.19. The first-order valence-electron chi connectivity index (χ1n) is 4.72. The van der Waals surface area contributed by atoms with E-state index < -0.39 is 0 Å². The van der Waals surface area contributed by atoms with E-state index in [9.17, 15) is 0 Å². The van der Waals surface area contributed by atoms with Crippen LogP contribution in [0.1, 0.15) is 11.1 Å². The minimum atomic E-state index is 0.468. The van der Waals surface area contributed by atoms with E-state index in [0.29, 0.717) is 17.3 Å². The van der Waals surface area contributed by atoms with Crippen LogP contribution in [0.5, 0.6) is 5.75 Å². The minimum Gasteiger partial charge on any atom is -0.494 e. The van der Waals surface area contributed by atoms with Gasteiger partial charge in [0.1, 0.15) is 5.75 Å². The summed E-state index contributed by atoms with van der Waals surface area (Å²) in [6, 6.07) is 2.00. The summed E-state index contributed by atoms with van der Waals surface area (Å²) >= 11 is 6.18. The van der Waals surface area contributed by atoms with Gasteiger partial charge < -0.3 is 15.5 Å². The molecule has 0 saturated heterocycles. The maximum Gasteiger partial charge on any atom is 0.147 e. The van der Waals surface area contributed by atoms with Crippen molar-refractivity contribution in [3.63, 3.8) is 0 Å². The van der Waals surface area contributed by atoms with Crippen molar-refractivity contribution in [3.8, 4) is 5.75 Å². The summed E-state index contributed by atoms with van der Waals surface area (Å²) in [5, 5.41) is 1.63. The van der Waals surface area contributed by atoms with Crippen molar-refractivity contribution in [1.29, 1.82) is 0 Å². The Morgan fingerprint density at radius 2 is 2.27 bits per heavy atom. The smallest absolute Gasteiger partial charge is 0.147 e. The first kappa shape index (κ1) is 10.3. The molecule has 2 rings (SSSR count). The molecule has 0 aliphatic heterocycles. The highest BCUT2D eigenvalue weighted by Crippen LogP contribution is 2.37. The zero-order chi connectivity index (χ0) is 11.0. The molecule has 2 aromatic rings. The van der Waals surface area contributed by atoms with Gasteiger partial charge in [0.15, 0.2) is 0 Å². The molecule has 0 radical (unpaired) electrons. The number of aromatic nitrogens is 1. The van der Waals surface area contributed by atoms with Crippen LogP contribution in [-0.4, -0.2) is 12.1 Å². The molecule has 4 heteroatoms. The first-order valence-corrected chi connectivity index (χ1v) is 5.10. The van der Waals surface area contributed by atoms with Crippen LogP contribution in [0.4, 0.5) is 0 Å². The lowest BCUT2D eigenvalue weighted by molar-refractivity contribution is 0.419. The molecule has 0 amide bonds. The number of nitrogens with two attached hydrogens (primary N) is 1. The second-order valence-electron chi connectivity index (χ2n) is 3.48. The van der Waals surface area contributed by atoms with Gasteiger partial charge in [-0.05, 0) is 24.1 Å². The third-order valence-electron chi connectivity index (χ3n) is 2.55. The van der Waals surface area contributed by atoms with Crippen molar-refractivity contribution in [2.75, 3.05) is 7.11 Å². The van der Waals surface area contributed by atoms with Crippen molar-refractivity contribution in [1.82, 2.24) is 4.98 Å². The fourth-order valence-electron chi connectivity index (χ4n) is 1.79. The summed E-state index contributed by atoms with van der Waals surface area (Å²) in [4.78, 5) is 3.16. The Bertz CT molecular complexity index is 505. The highest BCUT2D eigenvalue weighted by Gasteiger charge is 2.14. The van der Waals surface area contributed by atoms with Crippen LogP contribution in [0.3, 0.4) is 0 Å². The predicted molar refractivity (Wildman–Crippen MR) is 62.5 cm³/mol. The Balaban J connectivity index is 2.86. The fraction of sp³-hybridized carbons (Fsp3) is 0.273. The molecule has 0 unspecified atom stereocenters. The lowest BCUT2D eigenvalue weighted by Gasteiger charge is -2.08. The molecule has 0 atom stereocenters. The van der Waals surface area contributed by atoms with Gasteiger partial charge in [-0.15, -0.1) is 0 Å². The molecule has 0 aliphatic rings. The Labute approximate surface area is 93.2 Å². The largest absolute Gasteiger partial charge is 0.494 e. The van der Waals surface area contributed by atoms with Crippen molar-refractivity contribution in [2.24, 2.45) is 5.73 Å². The van der Waals surface area contributed by atoms with Crippen LogP contribution >= 0.6 is 11.6 Å². The average molecular weight is 225 g/mol. The molecule has 0 aliphatic carbocycles. The number of aryl methyl sites for hydroxylation is 1. The normalized spacial score (nSPS) is 10.9. The summed E-state index contributed by atoms with van der Waals surface area (Å²) in [6.07, 6.45) is 1.89. The second-order valence-corrected chi connectivity index (χ2v) is 3.86. The average Bonchev–Trinajstić information content (AvgIpc) is 2.62. The maximum absolute atomic E-state index is 6.18. The van der Waals surface area contributed by atoms with Crippen molar-refractivity contribution < 1.29 is 4.74 Å². The quantitative estimate of drug-likeness (QED) is 0.824. The van der Waals surface area contributed by atoms with E-state index >= 15 is 0 Å². The van der Waals surface area contributed by atoms with Gasteiger partial charge in [0.05, 0.1) is 12.1 Å². The highest BCUT2D eigenvalue weighted by atomic mass is 35.5. The summed E-state index contributed by atoms with van der Waals surface area (Å²) in [6.45, 7) is 2.42. The number of ether oxygens (including phenoxy) is 1. The number of halogens is 1. The molecule has 80 valence electrons. The molecule has 1 aromatic heterocycles. The standard InChI is InChI=1S/C11H13ClN2O/c1-6-3-8-9(7(4-13)5-14-8)11(15-2)10(6)12/h3,5,14H,4,13H2,1-2H3. The SMILES string of the molecule is COc1c(Cl)c(C)cc2[nH]cc(CN)c12. The van der Waals surface area contributed by atoms with E-state index in [1.165, 1.54) is 0 Å². The van der Waals surface area contributed by atoms with Crippen LogP contribution in [0.15, 0.2) is 12.3 Å². The summed E-state index contributed by atoms with van der Waals surface area (Å²) in [5.74, 6) is 0.702. The van der Waals surface area contributed by atoms with Crippen LogP contribution in [0.25, 0.3) is 10.9 Å². The second kappa shape index (κ2) is 3.76. The Kier molecular flexibility index (Phi) is 2.59. The number of hydrogen-bond acceptors (Lipinski definition) is 2. The van der Waals surface area contributed by atoms with Gasteiger partial charge in [-0.25, -0.2) is 0 Å². The van der Waals surface area contributed by atoms with E-state index in [0.717, 1.165) is 22.0 Å². The lowest BCUT2D eigenvalue weighted by Crippen LogP contribution is -1.96. The van der Waals surface area contributed by atoms with Gasteiger partial charge in [-0.3, -0.25) is 0 Å². The molecule has 0 spiro atoms. The van der Waals surface area contributed by atoms with E-state index in [-0.39, 0.29) is 0 Å². The summed E-state index contributed by atoms with van der Waals surface area (Å²) in [7, 11) is 1.62. The number of rotatable bonds is 2. The van der Waals surface area contributed by atoms with E-state index in [1.54, 1.807) is 7.11 Å². The molecule has 0 fully saturated rings. The number of hydrogen-bond donors (Lipinski definition) is 2. The zero-order valence-electron chi connectivity index (χ0n) is 8.73.